The van der Waals surface area contributed by atoms with E-state index >= 15 is 0 Å². The molecule has 0 saturated heterocycles. The van der Waals surface area contributed by atoms with Gasteiger partial charge in [-0.05, 0) is 62.2 Å². The average molecular weight is 397 g/mol. The van der Waals surface area contributed by atoms with Crippen molar-refractivity contribution in [1.82, 2.24) is 0 Å². The van der Waals surface area contributed by atoms with Gasteiger partial charge in [-0.25, -0.2) is 8.78 Å². The number of halogens is 2. The lowest BCUT2D eigenvalue weighted by atomic mass is 9.81. The summed E-state index contributed by atoms with van der Waals surface area (Å²) in [5, 5.41) is 0. The van der Waals surface area contributed by atoms with E-state index in [4.69, 9.17) is 9.47 Å². The number of alkyl halides is 2. The van der Waals surface area contributed by atoms with Crippen LogP contribution in [0.2, 0.25) is 0 Å². The molecule has 0 heterocycles. The first-order valence-electron chi connectivity index (χ1n) is 11.4. The largest absolute Gasteiger partial charge is 0.371 e. The Balaban J connectivity index is 1.39. The molecule has 0 N–H and O–H groups in total. The van der Waals surface area contributed by atoms with Crippen molar-refractivity contribution in [1.29, 1.82) is 0 Å². The van der Waals surface area contributed by atoms with Crippen LogP contribution in [0.25, 0.3) is 0 Å². The number of allylic oxidation sites excluding steroid dienone is 1. The van der Waals surface area contributed by atoms with Gasteiger partial charge in [0.2, 0.25) is 0 Å². The standard InChI is InChI=1S/C24H38F2O2/c1-3-17-5-9-19(10-6-17)15-27-21-13-14-22(24(26)23(21)25)28-16-20-11-7-18(4-2)8-12-20/h3,13-14,17-24H,1,4-12,15-16H2,2H3. The third-order valence-electron chi connectivity index (χ3n) is 7.24. The molecule has 0 aliphatic heterocycles. The molecule has 4 unspecified atom stereocenters. The van der Waals surface area contributed by atoms with Crippen molar-refractivity contribution in [2.45, 2.75) is 89.3 Å². The van der Waals surface area contributed by atoms with Crippen LogP contribution in [-0.4, -0.2) is 37.8 Å². The van der Waals surface area contributed by atoms with E-state index in [1.54, 1.807) is 12.2 Å². The summed E-state index contributed by atoms with van der Waals surface area (Å²) in [4.78, 5) is 0. The molecule has 0 spiro atoms. The predicted molar refractivity (Wildman–Crippen MR) is 110 cm³/mol. The lowest BCUT2D eigenvalue weighted by molar-refractivity contribution is -0.0770. The lowest BCUT2D eigenvalue weighted by Crippen LogP contribution is -2.44. The Hall–Kier alpha value is -0.740. The van der Waals surface area contributed by atoms with Crippen LogP contribution >= 0.6 is 0 Å². The first-order valence-corrected chi connectivity index (χ1v) is 11.4. The van der Waals surface area contributed by atoms with Gasteiger partial charge in [0.15, 0.2) is 12.3 Å². The molecule has 0 amide bonds. The zero-order chi connectivity index (χ0) is 19.9. The minimum absolute atomic E-state index is 0.446. The molecule has 2 nitrogen and oxygen atoms in total. The van der Waals surface area contributed by atoms with Gasteiger partial charge < -0.3 is 9.47 Å². The number of ether oxygens (including phenoxy) is 2. The van der Waals surface area contributed by atoms with Gasteiger partial charge in [-0.2, -0.15) is 0 Å². The molecule has 0 bridgehead atoms. The van der Waals surface area contributed by atoms with E-state index in [9.17, 15) is 8.78 Å². The molecule has 2 fully saturated rings. The van der Waals surface area contributed by atoms with Crippen LogP contribution in [0.5, 0.6) is 0 Å². The maximum absolute atomic E-state index is 14.6. The fraction of sp³-hybridized carbons (Fsp3) is 0.833. The van der Waals surface area contributed by atoms with E-state index in [0.29, 0.717) is 31.0 Å². The van der Waals surface area contributed by atoms with Crippen LogP contribution < -0.4 is 0 Å². The highest BCUT2D eigenvalue weighted by Gasteiger charge is 2.39. The van der Waals surface area contributed by atoms with Crippen molar-refractivity contribution in [3.05, 3.63) is 24.8 Å². The summed E-state index contributed by atoms with van der Waals surface area (Å²) in [6.07, 6.45) is 10.9. The Kier molecular flexibility index (Phi) is 8.52. The molecule has 0 aromatic rings. The first kappa shape index (κ1) is 22.0. The second-order valence-electron chi connectivity index (χ2n) is 9.18. The van der Waals surface area contributed by atoms with Gasteiger partial charge in [0.05, 0.1) is 13.2 Å². The van der Waals surface area contributed by atoms with Crippen molar-refractivity contribution < 1.29 is 18.3 Å². The second kappa shape index (κ2) is 10.9. The molecule has 2 saturated carbocycles. The Morgan fingerprint density at radius 3 is 1.64 bits per heavy atom. The van der Waals surface area contributed by atoms with Crippen LogP contribution in [0.4, 0.5) is 8.78 Å². The van der Waals surface area contributed by atoms with Gasteiger partial charge in [0, 0.05) is 0 Å². The maximum atomic E-state index is 14.6. The molecule has 160 valence electrons. The van der Waals surface area contributed by atoms with Gasteiger partial charge in [0.1, 0.15) is 12.2 Å². The Bertz CT molecular complexity index is 493. The Labute approximate surface area is 169 Å². The molecule has 4 atom stereocenters. The van der Waals surface area contributed by atoms with Crippen LogP contribution in [0.3, 0.4) is 0 Å². The van der Waals surface area contributed by atoms with Crippen LogP contribution in [0, 0.1) is 23.7 Å². The molecule has 0 aromatic heterocycles. The summed E-state index contributed by atoms with van der Waals surface area (Å²) in [6.45, 7) is 7.16. The summed E-state index contributed by atoms with van der Waals surface area (Å²) in [5.74, 6) is 2.37. The van der Waals surface area contributed by atoms with E-state index in [1.807, 2.05) is 6.08 Å². The normalized spacial score (nSPS) is 41.7. The van der Waals surface area contributed by atoms with E-state index in [-0.39, 0.29) is 0 Å². The van der Waals surface area contributed by atoms with E-state index in [1.165, 1.54) is 19.3 Å². The van der Waals surface area contributed by atoms with E-state index < -0.39 is 24.6 Å². The Morgan fingerprint density at radius 2 is 1.21 bits per heavy atom. The second-order valence-corrected chi connectivity index (χ2v) is 9.18. The van der Waals surface area contributed by atoms with Crippen molar-refractivity contribution in [3.63, 3.8) is 0 Å². The minimum Gasteiger partial charge on any atom is -0.371 e. The number of hydrogen-bond acceptors (Lipinski definition) is 2. The molecule has 3 aliphatic carbocycles. The fourth-order valence-electron chi connectivity index (χ4n) is 4.98. The highest BCUT2D eigenvalue weighted by atomic mass is 19.2. The smallest absolute Gasteiger partial charge is 0.164 e. The van der Waals surface area contributed by atoms with Crippen LogP contribution in [0.1, 0.15) is 64.7 Å². The maximum Gasteiger partial charge on any atom is 0.164 e. The molecular weight excluding hydrogens is 358 g/mol. The quantitative estimate of drug-likeness (QED) is 0.454. The minimum atomic E-state index is -1.64. The monoisotopic (exact) mass is 396 g/mol. The molecule has 0 aromatic carbocycles. The van der Waals surface area contributed by atoms with Crippen molar-refractivity contribution in [2.75, 3.05) is 13.2 Å². The van der Waals surface area contributed by atoms with Gasteiger partial charge in [-0.15, -0.1) is 6.58 Å². The van der Waals surface area contributed by atoms with E-state index in [0.717, 1.165) is 44.4 Å². The Morgan fingerprint density at radius 1 is 0.786 bits per heavy atom. The van der Waals surface area contributed by atoms with Crippen molar-refractivity contribution >= 4 is 0 Å². The number of rotatable bonds is 8. The third-order valence-corrected chi connectivity index (χ3v) is 7.24. The van der Waals surface area contributed by atoms with Gasteiger partial charge in [-0.1, -0.05) is 44.4 Å². The first-order chi connectivity index (χ1) is 13.6. The fourth-order valence-corrected chi connectivity index (χ4v) is 4.98. The van der Waals surface area contributed by atoms with Crippen LogP contribution in [-0.2, 0) is 9.47 Å². The predicted octanol–water partition coefficient (Wildman–Crippen LogP) is 6.21. The lowest BCUT2D eigenvalue weighted by Gasteiger charge is -2.34. The molecule has 3 rings (SSSR count). The highest BCUT2D eigenvalue weighted by Crippen LogP contribution is 2.33. The number of hydrogen-bond donors (Lipinski definition) is 0. The topological polar surface area (TPSA) is 18.5 Å². The summed E-state index contributed by atoms with van der Waals surface area (Å²) in [7, 11) is 0. The van der Waals surface area contributed by atoms with Crippen molar-refractivity contribution in [2.24, 2.45) is 23.7 Å². The van der Waals surface area contributed by atoms with Gasteiger partial charge in [0.25, 0.3) is 0 Å². The molecule has 0 radical (unpaired) electrons. The van der Waals surface area contributed by atoms with Crippen LogP contribution in [0.15, 0.2) is 24.8 Å². The highest BCUT2D eigenvalue weighted by molar-refractivity contribution is 5.09. The molecule has 4 heteroatoms. The van der Waals surface area contributed by atoms with Gasteiger partial charge >= 0.3 is 0 Å². The summed E-state index contributed by atoms with van der Waals surface area (Å²) in [5.41, 5.74) is 0. The van der Waals surface area contributed by atoms with Gasteiger partial charge in [-0.3, -0.25) is 0 Å². The SMILES string of the molecule is C=CC1CCC(COC2C=CC(OCC3CCC(CC)CC3)C(F)C2F)CC1. The molecule has 28 heavy (non-hydrogen) atoms. The summed E-state index contributed by atoms with van der Waals surface area (Å²) < 4.78 is 40.7. The summed E-state index contributed by atoms with van der Waals surface area (Å²) >= 11 is 0. The van der Waals surface area contributed by atoms with E-state index in [2.05, 4.69) is 13.5 Å². The zero-order valence-electron chi connectivity index (χ0n) is 17.4. The van der Waals surface area contributed by atoms with Crippen molar-refractivity contribution in [3.8, 4) is 0 Å². The molecule has 3 aliphatic rings. The average Bonchev–Trinajstić information content (AvgIpc) is 2.75. The zero-order valence-corrected chi connectivity index (χ0v) is 17.4. The summed E-state index contributed by atoms with van der Waals surface area (Å²) in [6, 6.07) is 0. The third kappa shape index (κ3) is 5.89. The molecular formula is C24H38F2O2.